The van der Waals surface area contributed by atoms with Gasteiger partial charge < -0.3 is 0 Å². The Kier molecular flexibility index (Phi) is 32.4. The van der Waals surface area contributed by atoms with Crippen LogP contribution >= 0.6 is 142 Å². The number of hydrogen-bond acceptors (Lipinski definition) is 24. The molecule has 8 aliphatic rings. The van der Waals surface area contributed by atoms with Gasteiger partial charge in [0.1, 0.15) is 0 Å². The van der Waals surface area contributed by atoms with E-state index >= 15 is 0 Å². The molecule has 0 amide bonds. The SMILES string of the molecule is CC(=O)Oc1ccc(I2OC(=O)c3ccccc32)cc1.CC(=O)c1ccc(I2OC(=O)c3ccccc32)cc1.COc1ccc(I2OC(=O)c3ccccc32)cc1.Cc1cc(C)c(I2OC(=O)c3ccccc32)c(C)c1.O=C1OI(c2ccc(C3CCCCC3)cc2)c2ccccc21.O=C1OI(c2cccc([N+](=O)[O-])c2)c2cc([N+](=O)[O-])ccc21.O=C1OI(c2cccc([N+](=O)[O-])c2)c2ccccc21. The van der Waals surface area contributed by atoms with Gasteiger partial charge in [-0.15, -0.1) is 0 Å². The molecule has 0 saturated heterocycles. The zero-order valence-corrected chi connectivity index (χ0v) is 89.6. The number of benzene rings is 14. The van der Waals surface area contributed by atoms with Crippen molar-refractivity contribution in [3.05, 3.63) is 469 Å². The number of esters is 1. The van der Waals surface area contributed by atoms with Gasteiger partial charge in [-0.25, -0.2) is 0 Å². The Labute approximate surface area is 851 Å². The number of fused-ring (bicyclic) bond motifs is 7. The molecule has 7 heterocycles. The molecule has 1 aliphatic carbocycles. The van der Waals surface area contributed by atoms with Crippen molar-refractivity contribution in [3.63, 3.8) is 0 Å². The molecule has 710 valence electrons. The molecule has 0 N–H and O–H groups in total. The Morgan fingerprint density at radius 3 is 0.942 bits per heavy atom. The van der Waals surface area contributed by atoms with Crippen LogP contribution in [0.5, 0.6) is 11.5 Å². The molecule has 14 aromatic carbocycles. The van der Waals surface area contributed by atoms with Crippen molar-refractivity contribution in [1.29, 1.82) is 0 Å². The second kappa shape index (κ2) is 45.3. The van der Waals surface area contributed by atoms with Crippen LogP contribution < -0.4 is 9.47 Å². The maximum atomic E-state index is 12.0. The van der Waals surface area contributed by atoms with Crippen molar-refractivity contribution in [2.75, 3.05) is 7.11 Å². The standard InChI is InChI=1S/C19H19IO2.C16H15IO2.C15H11IO4.C15H11IO3.C14H11IO3.C13H7IN2O6.C13H8INO4/c21-19-17-8-4-5-9-18(17)20(22-19)16-12-10-15(11-13-16)14-6-2-1-3-7-14;1-10-8-11(2)15(12(3)9-10)17-14-7-5-4-6-13(14)16(18)19-17;1-10(17)19-12-8-6-11(7-9-12)16-14-5-3-2-4-13(14)15(18)20-16;1-10(17)11-6-8-12(9-7-11)16-14-5-3-2-4-13(14)15(18)19-16;1-17-11-8-6-10(7-9-11)15-13-5-3-2-4-12(13)14(16)18-15;17-13-11-5-4-10(16(20)21)7-12(11)14(22-13)8-2-1-3-9(6-8)15(18)19;16-13-11-6-1-2-7-12(11)14(19-13)9-4-3-5-10(8-9)15(17)18/h4-5,8-14H,1-3,6-7H2;4-9H,1-3H3;2-9H,1H3;2-9H,1H3;2-9H,1H3;1-7H;1-8H. The van der Waals surface area contributed by atoms with Crippen molar-refractivity contribution >= 4 is 212 Å². The second-order valence-electron chi connectivity index (χ2n) is 30.9. The van der Waals surface area contributed by atoms with Crippen LogP contribution in [0.3, 0.4) is 0 Å². The van der Waals surface area contributed by atoms with Gasteiger partial charge in [-0.2, -0.15) is 0 Å². The monoisotopic (exact) mass is 2660 g/mol. The first-order valence-corrected chi connectivity index (χ1v) is 63.9. The fourth-order valence-electron chi connectivity index (χ4n) is 15.1. The van der Waals surface area contributed by atoms with E-state index in [4.69, 9.17) is 30.9 Å². The number of halogens is 7. The Morgan fingerprint density at radius 1 is 0.309 bits per heavy atom. The average molecular weight is 2660 g/mol. The third-order valence-electron chi connectivity index (χ3n) is 21.6. The van der Waals surface area contributed by atoms with Gasteiger partial charge in [0.15, 0.2) is 0 Å². The van der Waals surface area contributed by atoms with Crippen LogP contribution in [-0.2, 0) is 26.3 Å². The van der Waals surface area contributed by atoms with Crippen molar-refractivity contribution < 1.29 is 88.9 Å². The number of hydrogen-bond donors (Lipinski definition) is 0. The van der Waals surface area contributed by atoms with Gasteiger partial charge in [0, 0.05) is 0 Å². The van der Waals surface area contributed by atoms with Crippen LogP contribution in [0.1, 0.15) is 157 Å². The normalized spacial score (nSPS) is 15.7. The molecule has 0 atom stereocenters. The minimum absolute atomic E-state index is 0.0234. The van der Waals surface area contributed by atoms with Crippen molar-refractivity contribution in [3.8, 4) is 11.5 Å². The molecule has 0 bridgehead atoms. The number of rotatable bonds is 14. The van der Waals surface area contributed by atoms with Gasteiger partial charge in [-0.3, -0.25) is 0 Å². The second-order valence-corrected chi connectivity index (χ2v) is 60.6. The quantitative estimate of drug-likeness (QED) is 0.0244. The third-order valence-corrected chi connectivity index (χ3v) is 55.1. The summed E-state index contributed by atoms with van der Waals surface area (Å²) in [5.41, 5.74) is 10.1. The van der Waals surface area contributed by atoms with E-state index in [1.165, 1.54) is 117 Å². The zero-order valence-electron chi connectivity index (χ0n) is 74.5. The molecule has 34 heteroatoms. The summed E-state index contributed by atoms with van der Waals surface area (Å²) in [7, 11) is 1.64. The summed E-state index contributed by atoms with van der Waals surface area (Å²) in [6, 6.07) is 97.3. The van der Waals surface area contributed by atoms with Crippen LogP contribution in [0.25, 0.3) is 0 Å². The first-order valence-electron chi connectivity index (χ1n) is 42.7. The first kappa shape index (κ1) is 99.6. The van der Waals surface area contributed by atoms with Crippen molar-refractivity contribution in [2.24, 2.45) is 0 Å². The van der Waals surface area contributed by atoms with Crippen molar-refractivity contribution in [1.82, 2.24) is 0 Å². The fourth-order valence-corrected chi connectivity index (χ4v) is 46.1. The average Bonchev–Trinajstić information content (AvgIpc) is 1.64. The Hall–Kier alpha value is -12.4. The molecule has 7 aliphatic heterocycles. The van der Waals surface area contributed by atoms with Gasteiger partial charge >= 0.3 is 861 Å². The van der Waals surface area contributed by atoms with Gasteiger partial charge in [-0.1, -0.05) is 0 Å². The number of nitrogens with zero attached hydrogens (tertiary/aromatic N) is 3. The van der Waals surface area contributed by atoms with Crippen LogP contribution in [-0.4, -0.2) is 75.4 Å². The molecule has 0 spiro atoms. The van der Waals surface area contributed by atoms with E-state index < -0.39 is 162 Å². The molecule has 0 unspecified atom stereocenters. The van der Waals surface area contributed by atoms with E-state index in [9.17, 15) is 73.5 Å². The fraction of sp³-hybridized carbons (Fsp3) is 0.114. The molecule has 27 nitrogen and oxygen atoms in total. The predicted octanol–water partition coefficient (Wildman–Crippen LogP) is 26.1. The van der Waals surface area contributed by atoms with E-state index in [0.717, 1.165) is 64.1 Å². The summed E-state index contributed by atoms with van der Waals surface area (Å²) in [5, 5.41) is 32.5. The number of carbonyl (C=O) groups is 9. The summed E-state index contributed by atoms with van der Waals surface area (Å²) >= 11 is -15.3. The van der Waals surface area contributed by atoms with Crippen LogP contribution in [0.4, 0.5) is 17.1 Å². The number of nitro groups is 3. The van der Waals surface area contributed by atoms with Crippen LogP contribution in [0.2, 0.25) is 0 Å². The predicted molar refractivity (Wildman–Crippen MR) is 576 cm³/mol. The molecule has 1 saturated carbocycles. The van der Waals surface area contributed by atoms with E-state index in [0.29, 0.717) is 40.7 Å². The molecule has 14 aromatic rings. The van der Waals surface area contributed by atoms with Crippen LogP contribution in [0.15, 0.2) is 322 Å². The summed E-state index contributed by atoms with van der Waals surface area (Å²) in [6.45, 7) is 9.22. The molecular formula is C105H82I7N3O24. The van der Waals surface area contributed by atoms with Gasteiger partial charge in [0.25, 0.3) is 0 Å². The molecule has 139 heavy (non-hydrogen) atoms. The summed E-state index contributed by atoms with van der Waals surface area (Å²) in [6.07, 6.45) is 6.74. The first-order chi connectivity index (χ1) is 67.1. The Balaban J connectivity index is 0.000000117. The number of nitro benzene ring substituents is 3. The molecule has 22 rings (SSSR count). The molecule has 1 fully saturated rings. The molecular weight excluding hydrogens is 2580 g/mol. The number of carbonyl (C=O) groups excluding carboxylic acids is 9. The third kappa shape index (κ3) is 23.0. The van der Waals surface area contributed by atoms with E-state index in [-0.39, 0.29) is 64.6 Å². The zero-order chi connectivity index (χ0) is 97.8. The summed E-state index contributed by atoms with van der Waals surface area (Å²) < 4.78 is 62.8. The summed E-state index contributed by atoms with van der Waals surface area (Å²) in [5.74, 6) is -0.0908. The van der Waals surface area contributed by atoms with Gasteiger partial charge in [0.05, 0.1) is 0 Å². The minimum atomic E-state index is -2.70. The number of non-ortho nitro benzene ring substituents is 3. The van der Waals surface area contributed by atoms with Crippen molar-refractivity contribution in [2.45, 2.75) is 72.6 Å². The number of ether oxygens (including phenoxy) is 2. The number of aryl methyl sites for hydroxylation is 3. The molecule has 0 aromatic heterocycles. The van der Waals surface area contributed by atoms with E-state index in [1.54, 1.807) is 80.8 Å². The molecule has 0 radical (unpaired) electrons. The van der Waals surface area contributed by atoms with Crippen LogP contribution in [0, 0.1) is 101 Å². The number of methoxy groups -OCH3 is 1. The summed E-state index contributed by atoms with van der Waals surface area (Å²) in [4.78, 5) is 136. The van der Waals surface area contributed by atoms with Gasteiger partial charge in [0.2, 0.25) is 0 Å². The maximum absolute atomic E-state index is 12.0. The number of Topliss-reactive ketones (excluding diaryl/α,β-unsaturated/α-hetero) is 1. The van der Waals surface area contributed by atoms with E-state index in [2.05, 4.69) is 63.2 Å². The topological polar surface area (TPSA) is 366 Å². The number of ketones is 1. The Morgan fingerprint density at radius 2 is 0.604 bits per heavy atom. The Bertz CT molecular complexity index is 7160. The van der Waals surface area contributed by atoms with Gasteiger partial charge in [-0.05, 0) is 0 Å². The van der Waals surface area contributed by atoms with E-state index in [1.807, 2.05) is 164 Å².